The first kappa shape index (κ1) is 12.6. The van der Waals surface area contributed by atoms with Crippen molar-refractivity contribution in [1.82, 2.24) is 4.98 Å². The second kappa shape index (κ2) is 4.56. The number of hydrogen-bond acceptors (Lipinski definition) is 4. The maximum Gasteiger partial charge on any atom is 0.231 e. The smallest absolute Gasteiger partial charge is 0.231 e. The molecule has 1 aliphatic carbocycles. The molecule has 112 valence electrons. The number of carbonyl (C=O) groups is 1. The molecule has 0 saturated carbocycles. The maximum absolute atomic E-state index is 12.4. The van der Waals surface area contributed by atoms with Crippen molar-refractivity contribution < 1.29 is 14.3 Å². The number of fused-ring (bicyclic) bond motifs is 3. The molecule has 0 radical (unpaired) electrons. The van der Waals surface area contributed by atoms with Crippen molar-refractivity contribution >= 4 is 16.7 Å². The van der Waals surface area contributed by atoms with Crippen molar-refractivity contribution in [3.05, 3.63) is 53.7 Å². The summed E-state index contributed by atoms with van der Waals surface area (Å²) in [7, 11) is 0. The summed E-state index contributed by atoms with van der Waals surface area (Å²) in [5.74, 6) is 1.64. The number of para-hydroxylation sites is 1. The lowest BCUT2D eigenvalue weighted by Gasteiger charge is -2.12. The predicted octanol–water partition coefficient (Wildman–Crippen LogP) is 3.76. The molecule has 4 heteroatoms. The SMILES string of the molecule is O=C1CCc2nc3ccccc3c(-c3ccc4c(c3)OCO4)c21. The Labute approximate surface area is 132 Å². The molecule has 1 aliphatic heterocycles. The van der Waals surface area contributed by atoms with Gasteiger partial charge in [0.1, 0.15) is 0 Å². The zero-order valence-corrected chi connectivity index (χ0v) is 12.3. The molecule has 1 aromatic heterocycles. The maximum atomic E-state index is 12.4. The Balaban J connectivity index is 1.87. The van der Waals surface area contributed by atoms with Gasteiger partial charge in [-0.3, -0.25) is 9.78 Å². The number of pyridine rings is 1. The number of ether oxygens (including phenoxy) is 2. The molecular weight excluding hydrogens is 290 g/mol. The van der Waals surface area contributed by atoms with Crippen molar-refractivity contribution in [2.24, 2.45) is 0 Å². The van der Waals surface area contributed by atoms with Crippen molar-refractivity contribution in [2.75, 3.05) is 6.79 Å². The molecule has 5 rings (SSSR count). The average Bonchev–Trinajstić information content (AvgIpc) is 3.19. The lowest BCUT2D eigenvalue weighted by molar-refractivity contribution is 0.0995. The number of carbonyl (C=O) groups excluding carboxylic acids is 1. The van der Waals surface area contributed by atoms with Crippen molar-refractivity contribution in [1.29, 1.82) is 0 Å². The van der Waals surface area contributed by atoms with Crippen LogP contribution in [0.15, 0.2) is 42.5 Å². The van der Waals surface area contributed by atoms with Crippen LogP contribution in [0.4, 0.5) is 0 Å². The Bertz CT molecular complexity index is 978. The highest BCUT2D eigenvalue weighted by molar-refractivity contribution is 6.12. The third kappa shape index (κ3) is 1.78. The van der Waals surface area contributed by atoms with Gasteiger partial charge in [-0.05, 0) is 30.2 Å². The molecule has 0 saturated heterocycles. The molecule has 3 aromatic rings. The lowest BCUT2D eigenvalue weighted by atomic mass is 9.94. The van der Waals surface area contributed by atoms with E-state index in [1.54, 1.807) is 0 Å². The minimum atomic E-state index is 0.172. The van der Waals surface area contributed by atoms with Crippen LogP contribution in [-0.2, 0) is 6.42 Å². The Morgan fingerprint density at radius 3 is 2.74 bits per heavy atom. The van der Waals surface area contributed by atoms with Crippen molar-refractivity contribution in [3.63, 3.8) is 0 Å². The summed E-state index contributed by atoms with van der Waals surface area (Å²) in [5.41, 5.74) is 4.53. The molecular formula is C19H13NO3. The fraction of sp³-hybridized carbons (Fsp3) is 0.158. The van der Waals surface area contributed by atoms with E-state index in [9.17, 15) is 4.79 Å². The van der Waals surface area contributed by atoms with Gasteiger partial charge in [-0.2, -0.15) is 0 Å². The van der Waals surface area contributed by atoms with Crippen molar-refractivity contribution in [3.8, 4) is 22.6 Å². The number of nitrogens with zero attached hydrogens (tertiary/aromatic N) is 1. The van der Waals surface area contributed by atoms with E-state index >= 15 is 0 Å². The van der Waals surface area contributed by atoms with Crippen LogP contribution in [0.5, 0.6) is 11.5 Å². The summed E-state index contributed by atoms with van der Waals surface area (Å²) in [4.78, 5) is 17.1. The molecule has 0 spiro atoms. The van der Waals surface area contributed by atoms with E-state index in [0.29, 0.717) is 6.42 Å². The number of aromatic nitrogens is 1. The van der Waals surface area contributed by atoms with Gasteiger partial charge in [-0.15, -0.1) is 0 Å². The van der Waals surface area contributed by atoms with Gasteiger partial charge < -0.3 is 9.47 Å². The van der Waals surface area contributed by atoms with Gasteiger partial charge in [-0.25, -0.2) is 0 Å². The first-order valence-corrected chi connectivity index (χ1v) is 7.66. The highest BCUT2D eigenvalue weighted by atomic mass is 16.7. The van der Waals surface area contributed by atoms with Gasteiger partial charge in [0.25, 0.3) is 0 Å². The third-order valence-corrected chi connectivity index (χ3v) is 4.50. The van der Waals surface area contributed by atoms with E-state index in [0.717, 1.165) is 51.2 Å². The van der Waals surface area contributed by atoms with Gasteiger partial charge in [0.15, 0.2) is 17.3 Å². The standard InChI is InChI=1S/C19H13NO3/c21-15-7-6-14-19(15)18(12-3-1-2-4-13(12)20-14)11-5-8-16-17(9-11)23-10-22-16/h1-5,8-9H,6-7,10H2. The largest absolute Gasteiger partial charge is 0.454 e. The quantitative estimate of drug-likeness (QED) is 0.687. The van der Waals surface area contributed by atoms with E-state index in [2.05, 4.69) is 4.98 Å². The topological polar surface area (TPSA) is 48.4 Å². The highest BCUT2D eigenvalue weighted by Crippen LogP contribution is 2.41. The van der Waals surface area contributed by atoms with E-state index in [-0.39, 0.29) is 12.6 Å². The number of hydrogen-bond donors (Lipinski definition) is 0. The van der Waals surface area contributed by atoms with Gasteiger partial charge >= 0.3 is 0 Å². The van der Waals surface area contributed by atoms with Crippen LogP contribution in [0.25, 0.3) is 22.0 Å². The average molecular weight is 303 g/mol. The summed E-state index contributed by atoms with van der Waals surface area (Å²) in [6.45, 7) is 0.243. The molecule has 2 heterocycles. The molecule has 0 atom stereocenters. The number of ketones is 1. The minimum absolute atomic E-state index is 0.172. The van der Waals surface area contributed by atoms with Crippen LogP contribution in [0, 0.1) is 0 Å². The first-order valence-electron chi connectivity index (χ1n) is 7.66. The van der Waals surface area contributed by atoms with E-state index in [1.165, 1.54) is 0 Å². The fourth-order valence-corrected chi connectivity index (χ4v) is 3.45. The van der Waals surface area contributed by atoms with Gasteiger partial charge in [0.05, 0.1) is 11.2 Å². The Hall–Kier alpha value is -2.88. The number of Topliss-reactive ketones (excluding diaryl/α,β-unsaturated/α-hetero) is 1. The molecule has 0 amide bonds. The molecule has 23 heavy (non-hydrogen) atoms. The molecule has 4 nitrogen and oxygen atoms in total. The number of benzene rings is 2. The lowest BCUT2D eigenvalue weighted by Crippen LogP contribution is -1.99. The zero-order chi connectivity index (χ0) is 15.4. The molecule has 0 N–H and O–H groups in total. The van der Waals surface area contributed by atoms with Gasteiger partial charge in [0, 0.05) is 22.9 Å². The number of aryl methyl sites for hydroxylation is 1. The monoisotopic (exact) mass is 303 g/mol. The van der Waals surface area contributed by atoms with E-state index in [4.69, 9.17) is 9.47 Å². The van der Waals surface area contributed by atoms with Crippen molar-refractivity contribution in [2.45, 2.75) is 12.8 Å². The van der Waals surface area contributed by atoms with Crippen LogP contribution in [0.3, 0.4) is 0 Å². The summed E-state index contributed by atoms with van der Waals surface area (Å²) in [6, 6.07) is 13.8. The highest BCUT2D eigenvalue weighted by Gasteiger charge is 2.27. The van der Waals surface area contributed by atoms with E-state index < -0.39 is 0 Å². The molecule has 0 unspecified atom stereocenters. The van der Waals surface area contributed by atoms with Crippen LogP contribution in [0.2, 0.25) is 0 Å². The molecule has 2 aromatic carbocycles. The Morgan fingerprint density at radius 2 is 1.78 bits per heavy atom. The van der Waals surface area contributed by atoms with Crippen LogP contribution in [0.1, 0.15) is 22.5 Å². The summed E-state index contributed by atoms with van der Waals surface area (Å²) in [5, 5.41) is 1.00. The zero-order valence-electron chi connectivity index (χ0n) is 12.3. The second-order valence-electron chi connectivity index (χ2n) is 5.82. The van der Waals surface area contributed by atoms with Crippen LogP contribution < -0.4 is 9.47 Å². The first-order chi connectivity index (χ1) is 11.3. The summed E-state index contributed by atoms with van der Waals surface area (Å²) in [6.07, 6.45) is 1.26. The Morgan fingerprint density at radius 1 is 0.913 bits per heavy atom. The van der Waals surface area contributed by atoms with Crippen LogP contribution >= 0.6 is 0 Å². The van der Waals surface area contributed by atoms with Gasteiger partial charge in [-0.1, -0.05) is 24.3 Å². The van der Waals surface area contributed by atoms with E-state index in [1.807, 2.05) is 42.5 Å². The predicted molar refractivity (Wildman–Crippen MR) is 86.0 cm³/mol. The second-order valence-corrected chi connectivity index (χ2v) is 5.82. The summed E-state index contributed by atoms with van der Waals surface area (Å²) >= 11 is 0. The fourth-order valence-electron chi connectivity index (χ4n) is 3.45. The molecule has 2 aliphatic rings. The normalized spacial score (nSPS) is 15.2. The molecule has 0 fully saturated rings. The Kier molecular flexibility index (Phi) is 2.50. The number of rotatable bonds is 1. The van der Waals surface area contributed by atoms with Crippen LogP contribution in [-0.4, -0.2) is 17.6 Å². The van der Waals surface area contributed by atoms with Gasteiger partial charge in [0.2, 0.25) is 6.79 Å². The molecule has 0 bridgehead atoms. The summed E-state index contributed by atoms with van der Waals surface area (Å²) < 4.78 is 10.9. The minimum Gasteiger partial charge on any atom is -0.454 e. The third-order valence-electron chi connectivity index (χ3n) is 4.50.